The fraction of sp³-hybridized carbons (Fsp3) is 0.500. The number of rotatable bonds is 6. The van der Waals surface area contributed by atoms with Crippen LogP contribution in [0.4, 0.5) is 4.39 Å². The zero-order valence-electron chi connectivity index (χ0n) is 16.1. The van der Waals surface area contributed by atoms with E-state index in [1.54, 1.807) is 12.1 Å². The molecule has 0 amide bonds. The van der Waals surface area contributed by atoms with E-state index in [9.17, 15) is 4.39 Å². The fourth-order valence-corrected chi connectivity index (χ4v) is 6.59. The topological polar surface area (TPSA) is 21.3 Å². The molecular weight excluding hydrogens is 417 g/mol. The number of nitrogens with one attached hydrogen (secondary N) is 1. The molecule has 1 N–H and O–H groups in total. The van der Waals surface area contributed by atoms with Crippen LogP contribution in [-0.2, 0) is 13.2 Å². The van der Waals surface area contributed by atoms with Gasteiger partial charge in [-0.15, -0.1) is 0 Å². The second kappa shape index (κ2) is 7.46. The van der Waals surface area contributed by atoms with Crippen molar-refractivity contribution in [3.63, 3.8) is 0 Å². The first-order valence-corrected chi connectivity index (χ1v) is 11.3. The number of halogens is 2. The minimum absolute atomic E-state index is 0.215. The summed E-state index contributed by atoms with van der Waals surface area (Å²) in [5.41, 5.74) is 2.50. The maximum Gasteiger partial charge on any atom is 0.124 e. The summed E-state index contributed by atoms with van der Waals surface area (Å²) in [6.07, 6.45) is 8.42. The number of hydrogen-bond donors (Lipinski definition) is 1. The zero-order chi connectivity index (χ0) is 19.1. The van der Waals surface area contributed by atoms with Crippen LogP contribution in [0.1, 0.15) is 49.7 Å². The lowest BCUT2D eigenvalue weighted by atomic mass is 9.53. The van der Waals surface area contributed by atoms with Crippen molar-refractivity contribution in [2.75, 3.05) is 0 Å². The Morgan fingerprint density at radius 1 is 0.964 bits per heavy atom. The van der Waals surface area contributed by atoms with E-state index >= 15 is 0 Å². The predicted molar refractivity (Wildman–Crippen MR) is 113 cm³/mol. The second-order valence-electron chi connectivity index (χ2n) is 9.22. The average molecular weight is 444 g/mol. The standard InChI is InChI=1S/C24H27BrFNO/c25-21-3-6-23(28-15-16-1-4-22(26)5-2-16)20(10-21)14-27-24-11-17-7-18(12-24)9-19(8-17)13-24/h1-6,10,17-19,27H,7-9,11-15H2. The molecule has 4 bridgehead atoms. The molecule has 0 aliphatic heterocycles. The highest BCUT2D eigenvalue weighted by molar-refractivity contribution is 9.10. The molecule has 0 spiro atoms. The van der Waals surface area contributed by atoms with E-state index in [-0.39, 0.29) is 5.82 Å². The SMILES string of the molecule is Fc1ccc(COc2ccc(Br)cc2CNC23CC4CC(CC(C4)C2)C3)cc1. The summed E-state index contributed by atoms with van der Waals surface area (Å²) in [4.78, 5) is 0. The summed E-state index contributed by atoms with van der Waals surface area (Å²) in [5.74, 6) is 3.51. The lowest BCUT2D eigenvalue weighted by Gasteiger charge is -2.57. The minimum atomic E-state index is -0.215. The van der Waals surface area contributed by atoms with Crippen molar-refractivity contribution in [2.24, 2.45) is 17.8 Å². The van der Waals surface area contributed by atoms with Gasteiger partial charge in [0.05, 0.1) is 0 Å². The van der Waals surface area contributed by atoms with Crippen molar-refractivity contribution < 1.29 is 9.13 Å². The number of hydrogen-bond acceptors (Lipinski definition) is 2. The molecule has 28 heavy (non-hydrogen) atoms. The fourth-order valence-electron chi connectivity index (χ4n) is 6.18. The first-order chi connectivity index (χ1) is 13.6. The summed E-state index contributed by atoms with van der Waals surface area (Å²) in [5, 5.41) is 3.97. The molecule has 4 aliphatic rings. The molecular formula is C24H27BrFNO. The Bertz CT molecular complexity index is 815. The van der Waals surface area contributed by atoms with Crippen LogP contribution in [0, 0.1) is 23.6 Å². The summed E-state index contributed by atoms with van der Waals surface area (Å²) >= 11 is 3.61. The van der Waals surface area contributed by atoms with Crippen LogP contribution in [-0.4, -0.2) is 5.54 Å². The van der Waals surface area contributed by atoms with Gasteiger partial charge in [0.25, 0.3) is 0 Å². The van der Waals surface area contributed by atoms with Crippen molar-refractivity contribution in [1.29, 1.82) is 0 Å². The Morgan fingerprint density at radius 2 is 1.61 bits per heavy atom. The van der Waals surface area contributed by atoms with Gasteiger partial charge in [-0.2, -0.15) is 0 Å². The van der Waals surface area contributed by atoms with Crippen LogP contribution >= 0.6 is 15.9 Å². The van der Waals surface area contributed by atoms with Crippen LogP contribution in [0.2, 0.25) is 0 Å². The summed E-state index contributed by atoms with van der Waals surface area (Å²) in [6.45, 7) is 1.29. The van der Waals surface area contributed by atoms with E-state index in [1.807, 2.05) is 12.1 Å². The molecule has 0 atom stereocenters. The third-order valence-corrected chi connectivity index (χ3v) is 7.52. The molecule has 2 aromatic rings. The monoisotopic (exact) mass is 443 g/mol. The van der Waals surface area contributed by atoms with Crippen molar-refractivity contribution in [3.8, 4) is 5.75 Å². The molecule has 2 nitrogen and oxygen atoms in total. The highest BCUT2D eigenvalue weighted by atomic mass is 79.9. The molecule has 0 unspecified atom stereocenters. The molecule has 0 radical (unpaired) electrons. The van der Waals surface area contributed by atoms with Gasteiger partial charge in [0.15, 0.2) is 0 Å². The summed E-state index contributed by atoms with van der Waals surface area (Å²) < 4.78 is 20.3. The van der Waals surface area contributed by atoms with Crippen molar-refractivity contribution in [2.45, 2.75) is 57.2 Å². The number of benzene rings is 2. The molecule has 2 aromatic carbocycles. The third kappa shape index (κ3) is 3.86. The van der Waals surface area contributed by atoms with E-state index < -0.39 is 0 Å². The Balaban J connectivity index is 1.28. The van der Waals surface area contributed by atoms with Crippen LogP contribution < -0.4 is 10.1 Å². The second-order valence-corrected chi connectivity index (χ2v) is 10.1. The number of ether oxygens (including phenoxy) is 1. The highest BCUT2D eigenvalue weighted by Gasteiger charge is 2.50. The maximum absolute atomic E-state index is 13.1. The molecule has 0 saturated heterocycles. The molecule has 4 heteroatoms. The van der Waals surface area contributed by atoms with Gasteiger partial charge in [0.2, 0.25) is 0 Å². The van der Waals surface area contributed by atoms with Gasteiger partial charge in [-0.3, -0.25) is 0 Å². The van der Waals surface area contributed by atoms with Gasteiger partial charge < -0.3 is 10.1 Å². The summed E-state index contributed by atoms with van der Waals surface area (Å²) in [7, 11) is 0. The summed E-state index contributed by atoms with van der Waals surface area (Å²) in [6, 6.07) is 12.7. The van der Waals surface area contributed by atoms with Gasteiger partial charge in [-0.25, -0.2) is 4.39 Å². The van der Waals surface area contributed by atoms with E-state index in [0.29, 0.717) is 12.1 Å². The Labute approximate surface area is 175 Å². The first kappa shape index (κ1) is 18.6. The largest absolute Gasteiger partial charge is 0.489 e. The van der Waals surface area contributed by atoms with Gasteiger partial charge in [0, 0.05) is 22.1 Å². The van der Waals surface area contributed by atoms with Gasteiger partial charge in [0.1, 0.15) is 18.2 Å². The van der Waals surface area contributed by atoms with E-state index in [4.69, 9.17) is 4.74 Å². The lowest BCUT2D eigenvalue weighted by molar-refractivity contribution is -0.0206. The molecule has 148 valence electrons. The van der Waals surface area contributed by atoms with Gasteiger partial charge in [-0.05, 0) is 92.2 Å². The van der Waals surface area contributed by atoms with Crippen LogP contribution in [0.15, 0.2) is 46.9 Å². The normalized spacial score (nSPS) is 30.6. The molecule has 6 rings (SSSR count). The zero-order valence-corrected chi connectivity index (χ0v) is 17.7. The quantitative estimate of drug-likeness (QED) is 0.571. The smallest absolute Gasteiger partial charge is 0.124 e. The van der Waals surface area contributed by atoms with Crippen LogP contribution in [0.25, 0.3) is 0 Å². The molecule has 4 aliphatic carbocycles. The first-order valence-electron chi connectivity index (χ1n) is 10.5. The van der Waals surface area contributed by atoms with Crippen LogP contribution in [0.5, 0.6) is 5.75 Å². The minimum Gasteiger partial charge on any atom is -0.489 e. The Morgan fingerprint density at radius 3 is 2.25 bits per heavy atom. The third-order valence-electron chi connectivity index (χ3n) is 7.02. The average Bonchev–Trinajstić information content (AvgIpc) is 2.66. The van der Waals surface area contributed by atoms with E-state index in [1.165, 1.54) is 56.2 Å². The van der Waals surface area contributed by atoms with E-state index in [2.05, 4.69) is 27.3 Å². The molecule has 4 fully saturated rings. The van der Waals surface area contributed by atoms with Gasteiger partial charge in [-0.1, -0.05) is 28.1 Å². The van der Waals surface area contributed by atoms with Gasteiger partial charge >= 0.3 is 0 Å². The predicted octanol–water partition coefficient (Wildman–Crippen LogP) is 6.23. The Hall–Kier alpha value is -1.39. The maximum atomic E-state index is 13.1. The van der Waals surface area contributed by atoms with Crippen molar-refractivity contribution in [3.05, 3.63) is 63.9 Å². The highest BCUT2D eigenvalue weighted by Crippen LogP contribution is 2.55. The van der Waals surface area contributed by atoms with Crippen LogP contribution in [0.3, 0.4) is 0 Å². The van der Waals surface area contributed by atoms with Crippen molar-refractivity contribution in [1.82, 2.24) is 5.32 Å². The lowest BCUT2D eigenvalue weighted by Crippen LogP contribution is -2.58. The Kier molecular flexibility index (Phi) is 4.96. The van der Waals surface area contributed by atoms with E-state index in [0.717, 1.165) is 40.1 Å². The molecule has 0 heterocycles. The molecule has 0 aromatic heterocycles. The van der Waals surface area contributed by atoms with Crippen molar-refractivity contribution >= 4 is 15.9 Å². The molecule has 4 saturated carbocycles.